The zero-order valence-electron chi connectivity index (χ0n) is 23.5. The molecule has 0 fully saturated rings. The number of hydrogen-bond donors (Lipinski definition) is 1. The van der Waals surface area contributed by atoms with E-state index in [-0.39, 0.29) is 18.5 Å². The number of unbranched alkanes of at least 4 members (excludes halogenated alkanes) is 1. The van der Waals surface area contributed by atoms with Crippen LogP contribution in [-0.2, 0) is 17.8 Å². The molecule has 3 aromatic rings. The Morgan fingerprint density at radius 1 is 0.897 bits per heavy atom. The van der Waals surface area contributed by atoms with Crippen molar-refractivity contribution in [2.45, 2.75) is 39.7 Å². The molecule has 1 heterocycles. The van der Waals surface area contributed by atoms with E-state index in [9.17, 15) is 9.59 Å². The second-order valence-electron chi connectivity index (χ2n) is 9.20. The van der Waals surface area contributed by atoms with Gasteiger partial charge in [0.2, 0.25) is 5.91 Å². The number of aryl methyl sites for hydroxylation is 1. The van der Waals surface area contributed by atoms with Gasteiger partial charge in [0, 0.05) is 34.6 Å². The number of ether oxygens (including phenoxy) is 3. The summed E-state index contributed by atoms with van der Waals surface area (Å²) in [4.78, 5) is 32.6. The summed E-state index contributed by atoms with van der Waals surface area (Å²) >= 11 is 1.68. The van der Waals surface area contributed by atoms with Gasteiger partial charge in [-0.15, -0.1) is 11.3 Å². The van der Waals surface area contributed by atoms with Crippen LogP contribution in [0.1, 0.15) is 35.1 Å². The van der Waals surface area contributed by atoms with Gasteiger partial charge in [-0.2, -0.15) is 0 Å². The summed E-state index contributed by atoms with van der Waals surface area (Å²) in [6.45, 7) is 5.59. The Labute approximate surface area is 235 Å². The van der Waals surface area contributed by atoms with E-state index in [1.165, 1.54) is 4.88 Å². The third-order valence-corrected chi connectivity index (χ3v) is 7.32. The van der Waals surface area contributed by atoms with Crippen LogP contribution in [0.2, 0.25) is 0 Å². The Kier molecular flexibility index (Phi) is 11.5. The molecule has 0 aliphatic carbocycles. The van der Waals surface area contributed by atoms with Crippen LogP contribution in [-0.4, -0.2) is 62.7 Å². The fourth-order valence-electron chi connectivity index (χ4n) is 4.12. The summed E-state index contributed by atoms with van der Waals surface area (Å²) in [5, 5.41) is 2.92. The molecule has 0 saturated carbocycles. The summed E-state index contributed by atoms with van der Waals surface area (Å²) < 4.78 is 16.1. The minimum absolute atomic E-state index is 0.00784. The number of carbonyl (C=O) groups is 2. The van der Waals surface area contributed by atoms with E-state index in [1.807, 2.05) is 35.2 Å². The number of carbonyl (C=O) groups excluding carboxylic acids is 2. The number of benzene rings is 2. The lowest BCUT2D eigenvalue weighted by Crippen LogP contribution is -2.45. The van der Waals surface area contributed by atoms with Gasteiger partial charge in [0.1, 0.15) is 12.3 Å². The van der Waals surface area contributed by atoms with Crippen LogP contribution in [0.4, 0.5) is 10.5 Å². The van der Waals surface area contributed by atoms with Gasteiger partial charge in [-0.3, -0.25) is 4.79 Å². The number of hydrogen-bond acceptors (Lipinski definition) is 6. The van der Waals surface area contributed by atoms with Crippen LogP contribution in [0.15, 0.2) is 54.6 Å². The second kappa shape index (κ2) is 15.0. The molecule has 0 bridgehead atoms. The lowest BCUT2D eigenvalue weighted by molar-refractivity contribution is -0.132. The van der Waals surface area contributed by atoms with Crippen molar-refractivity contribution in [3.8, 4) is 17.2 Å². The first kappa shape index (κ1) is 29.8. The average molecular weight is 554 g/mol. The molecule has 3 rings (SSSR count). The number of nitrogens with zero attached hydrogens (tertiary/aromatic N) is 2. The largest absolute Gasteiger partial charge is 0.497 e. The third kappa shape index (κ3) is 8.92. The highest BCUT2D eigenvalue weighted by Gasteiger charge is 2.22. The van der Waals surface area contributed by atoms with Crippen molar-refractivity contribution in [2.75, 3.05) is 46.3 Å². The third-order valence-electron chi connectivity index (χ3n) is 6.33. The predicted octanol–water partition coefficient (Wildman–Crippen LogP) is 5.99. The predicted molar refractivity (Wildman–Crippen MR) is 156 cm³/mol. The smallest absolute Gasteiger partial charge is 0.322 e. The number of rotatable bonds is 14. The monoisotopic (exact) mass is 553 g/mol. The lowest BCUT2D eigenvalue weighted by atomic mass is 10.1. The molecule has 0 radical (unpaired) electrons. The molecule has 0 aliphatic heterocycles. The molecular formula is C30H39N3O5S. The minimum atomic E-state index is -0.308. The van der Waals surface area contributed by atoms with Crippen molar-refractivity contribution < 1.29 is 23.8 Å². The Balaban J connectivity index is 1.76. The summed E-state index contributed by atoms with van der Waals surface area (Å²) in [6, 6.07) is 16.8. The molecule has 1 N–H and O–H groups in total. The van der Waals surface area contributed by atoms with E-state index in [4.69, 9.17) is 14.2 Å². The second-order valence-corrected chi connectivity index (χ2v) is 10.6. The molecule has 0 saturated heterocycles. The maximum absolute atomic E-state index is 13.7. The Hall–Kier alpha value is -3.72. The molecule has 0 atom stereocenters. The van der Waals surface area contributed by atoms with Gasteiger partial charge < -0.3 is 29.3 Å². The number of amides is 3. The zero-order chi connectivity index (χ0) is 28.2. The van der Waals surface area contributed by atoms with Crippen molar-refractivity contribution in [1.82, 2.24) is 9.80 Å². The highest BCUT2D eigenvalue weighted by atomic mass is 32.1. The zero-order valence-corrected chi connectivity index (χ0v) is 24.3. The average Bonchev–Trinajstić information content (AvgIpc) is 3.37. The maximum atomic E-state index is 13.7. The number of urea groups is 1. The van der Waals surface area contributed by atoms with Crippen LogP contribution in [0.3, 0.4) is 0 Å². The first-order chi connectivity index (χ1) is 18.9. The van der Waals surface area contributed by atoms with Crippen molar-refractivity contribution >= 4 is 29.0 Å². The van der Waals surface area contributed by atoms with Gasteiger partial charge in [-0.25, -0.2) is 4.79 Å². The lowest BCUT2D eigenvalue weighted by Gasteiger charge is -2.28. The molecule has 2 aromatic carbocycles. The molecule has 9 heteroatoms. The van der Waals surface area contributed by atoms with E-state index in [0.29, 0.717) is 49.0 Å². The topological polar surface area (TPSA) is 80.3 Å². The molecule has 8 nitrogen and oxygen atoms in total. The molecular weight excluding hydrogens is 514 g/mol. The number of thiophene rings is 1. The van der Waals surface area contributed by atoms with E-state index >= 15 is 0 Å². The molecule has 1 aromatic heterocycles. The molecule has 0 spiro atoms. The SMILES string of the molecule is CCCCN(CC(=O)N(CCc1ccc(OC)c(OC)c1)Cc1ccc(C)s1)C(=O)Nc1cccc(OC)c1. The molecule has 0 unspecified atom stereocenters. The fraction of sp³-hybridized carbons (Fsp3) is 0.400. The van der Waals surface area contributed by atoms with Crippen molar-refractivity contribution in [2.24, 2.45) is 0 Å². The van der Waals surface area contributed by atoms with Gasteiger partial charge in [0.15, 0.2) is 11.5 Å². The van der Waals surface area contributed by atoms with Crippen molar-refractivity contribution in [3.63, 3.8) is 0 Å². The fourth-order valence-corrected chi connectivity index (χ4v) is 5.02. The number of methoxy groups -OCH3 is 3. The molecule has 3 amide bonds. The molecule has 0 aliphatic rings. The van der Waals surface area contributed by atoms with E-state index in [1.54, 1.807) is 49.7 Å². The number of anilines is 1. The molecule has 210 valence electrons. The minimum Gasteiger partial charge on any atom is -0.497 e. The first-order valence-electron chi connectivity index (χ1n) is 13.1. The van der Waals surface area contributed by atoms with E-state index in [2.05, 4.69) is 31.3 Å². The van der Waals surface area contributed by atoms with Crippen molar-refractivity contribution in [1.29, 1.82) is 0 Å². The summed E-state index contributed by atoms with van der Waals surface area (Å²) in [7, 11) is 4.80. The summed E-state index contributed by atoms with van der Waals surface area (Å²) in [5.41, 5.74) is 1.65. The van der Waals surface area contributed by atoms with Crippen LogP contribution in [0, 0.1) is 6.92 Å². The summed E-state index contributed by atoms with van der Waals surface area (Å²) in [5.74, 6) is 1.87. The molecule has 39 heavy (non-hydrogen) atoms. The Morgan fingerprint density at radius 2 is 1.69 bits per heavy atom. The van der Waals surface area contributed by atoms with Crippen LogP contribution in [0.25, 0.3) is 0 Å². The highest BCUT2D eigenvalue weighted by molar-refractivity contribution is 7.11. The standard InChI is InChI=1S/C30H39N3O5S/c1-6-7-16-33(30(35)31-24-9-8-10-25(19-24)36-3)21-29(34)32(20-26-13-11-22(2)39-26)17-15-23-12-14-27(37-4)28(18-23)38-5/h8-14,18-19H,6-7,15-17,20-21H2,1-5H3,(H,31,35). The normalized spacial score (nSPS) is 10.6. The van der Waals surface area contributed by atoms with Crippen LogP contribution < -0.4 is 19.5 Å². The van der Waals surface area contributed by atoms with Gasteiger partial charge in [0.25, 0.3) is 0 Å². The highest BCUT2D eigenvalue weighted by Crippen LogP contribution is 2.28. The number of nitrogens with one attached hydrogen (secondary N) is 1. The van der Waals surface area contributed by atoms with Crippen molar-refractivity contribution in [3.05, 3.63) is 69.9 Å². The van der Waals surface area contributed by atoms with Gasteiger partial charge in [-0.1, -0.05) is 25.5 Å². The van der Waals surface area contributed by atoms with E-state index < -0.39 is 0 Å². The summed E-state index contributed by atoms with van der Waals surface area (Å²) in [6.07, 6.45) is 2.35. The maximum Gasteiger partial charge on any atom is 0.322 e. The Morgan fingerprint density at radius 3 is 2.36 bits per heavy atom. The quantitative estimate of drug-likeness (QED) is 0.265. The van der Waals surface area contributed by atoms with Gasteiger partial charge in [0.05, 0.1) is 27.9 Å². The van der Waals surface area contributed by atoms with Crippen LogP contribution in [0.5, 0.6) is 17.2 Å². The van der Waals surface area contributed by atoms with Crippen LogP contribution >= 0.6 is 11.3 Å². The first-order valence-corrected chi connectivity index (χ1v) is 13.9. The Bertz CT molecular complexity index is 1230. The van der Waals surface area contributed by atoms with Gasteiger partial charge >= 0.3 is 6.03 Å². The van der Waals surface area contributed by atoms with E-state index in [0.717, 1.165) is 23.3 Å². The van der Waals surface area contributed by atoms with Gasteiger partial charge in [-0.05, 0) is 61.7 Å².